The maximum atomic E-state index is 12.3. The van der Waals surface area contributed by atoms with Gasteiger partial charge in [0, 0.05) is 41.1 Å². The van der Waals surface area contributed by atoms with E-state index in [-0.39, 0.29) is 12.5 Å². The maximum absolute atomic E-state index is 12.3. The number of benzene rings is 3. The van der Waals surface area contributed by atoms with E-state index in [2.05, 4.69) is 5.32 Å². The third-order valence-electron chi connectivity index (χ3n) is 5.58. The number of aromatic carboxylic acids is 1. The van der Waals surface area contributed by atoms with E-state index in [4.69, 9.17) is 21.1 Å². The van der Waals surface area contributed by atoms with Gasteiger partial charge in [0.1, 0.15) is 5.69 Å². The highest BCUT2D eigenvalue weighted by atomic mass is 35.5. The van der Waals surface area contributed by atoms with E-state index in [1.807, 2.05) is 71.3 Å². The van der Waals surface area contributed by atoms with E-state index in [9.17, 15) is 9.90 Å². The van der Waals surface area contributed by atoms with Crippen molar-refractivity contribution >= 4 is 28.5 Å². The number of nitrogens with one attached hydrogen (secondary N) is 1. The van der Waals surface area contributed by atoms with Crippen LogP contribution in [0, 0.1) is 0 Å². The number of hydrogen-bond donors (Lipinski definition) is 2. The van der Waals surface area contributed by atoms with Crippen molar-refractivity contribution in [3.8, 4) is 11.5 Å². The molecule has 0 saturated carbocycles. The maximum Gasteiger partial charge on any atom is 0.352 e. The summed E-state index contributed by atoms with van der Waals surface area (Å²) >= 11 is 6.15. The molecule has 0 bridgehead atoms. The molecule has 0 atom stereocenters. The van der Waals surface area contributed by atoms with Gasteiger partial charge in [-0.15, -0.1) is 0 Å². The van der Waals surface area contributed by atoms with Crippen molar-refractivity contribution in [1.82, 2.24) is 9.88 Å². The highest BCUT2D eigenvalue weighted by molar-refractivity contribution is 6.30. The van der Waals surface area contributed by atoms with E-state index in [0.29, 0.717) is 24.7 Å². The topological polar surface area (TPSA) is 72.7 Å². The van der Waals surface area contributed by atoms with Crippen LogP contribution < -0.4 is 14.8 Å². The Morgan fingerprint density at radius 1 is 0.969 bits per heavy atom. The molecule has 6 nitrogen and oxygen atoms in total. The molecule has 0 unspecified atom stereocenters. The van der Waals surface area contributed by atoms with Crippen LogP contribution in [0.2, 0.25) is 5.02 Å². The van der Waals surface area contributed by atoms with Gasteiger partial charge in [0.25, 0.3) is 0 Å². The summed E-state index contributed by atoms with van der Waals surface area (Å²) in [4.78, 5) is 12.3. The summed E-state index contributed by atoms with van der Waals surface area (Å²) < 4.78 is 12.6. The van der Waals surface area contributed by atoms with Gasteiger partial charge in [-0.2, -0.15) is 0 Å². The molecule has 7 heteroatoms. The Bertz CT molecular complexity index is 1310. The normalized spacial score (nSPS) is 12.4. The Labute approximate surface area is 190 Å². The third-order valence-corrected chi connectivity index (χ3v) is 5.81. The molecular weight excluding hydrogens is 428 g/mol. The van der Waals surface area contributed by atoms with Crippen molar-refractivity contribution in [3.63, 3.8) is 0 Å². The minimum Gasteiger partial charge on any atom is -0.477 e. The molecule has 5 rings (SSSR count). The number of nitrogens with zero attached hydrogens (tertiary/aromatic N) is 1. The molecular formula is C25H21ClN2O4. The number of ether oxygens (including phenoxy) is 2. The molecule has 2 heterocycles. The first-order valence-electron chi connectivity index (χ1n) is 10.3. The van der Waals surface area contributed by atoms with Crippen molar-refractivity contribution < 1.29 is 19.4 Å². The van der Waals surface area contributed by atoms with Gasteiger partial charge in [-0.1, -0.05) is 48.0 Å². The molecule has 0 spiro atoms. The quantitative estimate of drug-likeness (QED) is 0.413. The summed E-state index contributed by atoms with van der Waals surface area (Å²) in [5, 5.41) is 15.0. The fourth-order valence-corrected chi connectivity index (χ4v) is 4.38. The number of rotatable bonds is 7. The van der Waals surface area contributed by atoms with Gasteiger partial charge in [0.05, 0.1) is 0 Å². The van der Waals surface area contributed by atoms with Crippen LogP contribution >= 0.6 is 11.6 Å². The van der Waals surface area contributed by atoms with Gasteiger partial charge in [-0.25, -0.2) is 4.79 Å². The molecule has 162 valence electrons. The van der Waals surface area contributed by atoms with Crippen LogP contribution in [0.15, 0.2) is 66.7 Å². The standard InChI is InChI=1S/C25H21ClN2O4/c26-18-5-3-4-17(10-18)14-28-21-7-2-1-6-19(21)20(24(28)25(29)30)13-27-12-16-8-9-22-23(11-16)32-15-31-22/h1-11,27H,12-15H2,(H,29,30). The summed E-state index contributed by atoms with van der Waals surface area (Å²) in [6.45, 7) is 1.65. The van der Waals surface area contributed by atoms with Crippen LogP contribution in [0.4, 0.5) is 0 Å². The van der Waals surface area contributed by atoms with Crippen LogP contribution in [0.3, 0.4) is 0 Å². The first-order chi connectivity index (χ1) is 15.6. The molecule has 0 fully saturated rings. The Kier molecular flexibility index (Phi) is 5.47. The SMILES string of the molecule is O=C(O)c1c(CNCc2ccc3c(c2)OCO3)c2ccccc2n1Cc1cccc(Cl)c1. The number of fused-ring (bicyclic) bond motifs is 2. The monoisotopic (exact) mass is 448 g/mol. The van der Waals surface area contributed by atoms with Crippen LogP contribution in [0.5, 0.6) is 11.5 Å². The first-order valence-corrected chi connectivity index (χ1v) is 10.6. The molecule has 0 saturated heterocycles. The molecule has 2 N–H and O–H groups in total. The molecule has 0 aliphatic carbocycles. The largest absolute Gasteiger partial charge is 0.477 e. The summed E-state index contributed by atoms with van der Waals surface area (Å²) in [5.74, 6) is 0.516. The predicted molar refractivity (Wildman–Crippen MR) is 123 cm³/mol. The summed E-state index contributed by atoms with van der Waals surface area (Å²) in [5.41, 5.74) is 3.90. The molecule has 1 aromatic heterocycles. The molecule has 3 aromatic carbocycles. The van der Waals surface area contributed by atoms with Crippen molar-refractivity contribution in [2.45, 2.75) is 19.6 Å². The van der Waals surface area contributed by atoms with Gasteiger partial charge in [0.15, 0.2) is 11.5 Å². The van der Waals surface area contributed by atoms with E-state index in [1.165, 1.54) is 0 Å². The van der Waals surface area contributed by atoms with E-state index in [1.54, 1.807) is 0 Å². The smallest absolute Gasteiger partial charge is 0.352 e. The molecule has 32 heavy (non-hydrogen) atoms. The zero-order chi connectivity index (χ0) is 22.1. The minimum absolute atomic E-state index is 0.236. The fraction of sp³-hybridized carbons (Fsp3) is 0.160. The predicted octanol–water partition coefficient (Wildman–Crippen LogP) is 5.06. The number of hydrogen-bond acceptors (Lipinski definition) is 4. The Hall–Kier alpha value is -3.48. The average Bonchev–Trinajstić information content (AvgIpc) is 3.37. The fourth-order valence-electron chi connectivity index (χ4n) is 4.16. The van der Waals surface area contributed by atoms with E-state index >= 15 is 0 Å². The van der Waals surface area contributed by atoms with Gasteiger partial charge < -0.3 is 24.5 Å². The van der Waals surface area contributed by atoms with Crippen LogP contribution in [0.25, 0.3) is 10.9 Å². The lowest BCUT2D eigenvalue weighted by Gasteiger charge is -2.10. The van der Waals surface area contributed by atoms with E-state index < -0.39 is 5.97 Å². The molecule has 0 amide bonds. The molecule has 1 aliphatic heterocycles. The average molecular weight is 449 g/mol. The lowest BCUT2D eigenvalue weighted by atomic mass is 10.1. The Morgan fingerprint density at radius 3 is 2.66 bits per heavy atom. The summed E-state index contributed by atoms with van der Waals surface area (Å²) in [6, 6.07) is 21.1. The highest BCUT2D eigenvalue weighted by Crippen LogP contribution is 2.33. The van der Waals surface area contributed by atoms with Crippen LogP contribution in [0.1, 0.15) is 27.2 Å². The van der Waals surface area contributed by atoms with Gasteiger partial charge in [-0.05, 0) is 41.5 Å². The molecule has 4 aromatic rings. The van der Waals surface area contributed by atoms with Crippen molar-refractivity contribution in [1.29, 1.82) is 0 Å². The summed E-state index contributed by atoms with van der Waals surface area (Å²) in [6.07, 6.45) is 0. The third kappa shape index (κ3) is 3.90. The molecule has 0 radical (unpaired) electrons. The zero-order valence-electron chi connectivity index (χ0n) is 17.2. The zero-order valence-corrected chi connectivity index (χ0v) is 17.9. The first kappa shape index (κ1) is 20.4. The number of carbonyl (C=O) groups is 1. The van der Waals surface area contributed by atoms with Gasteiger partial charge >= 0.3 is 5.97 Å². The summed E-state index contributed by atoms with van der Waals surface area (Å²) in [7, 11) is 0. The second kappa shape index (κ2) is 8.57. The number of aromatic nitrogens is 1. The van der Waals surface area contributed by atoms with Crippen LogP contribution in [-0.2, 0) is 19.6 Å². The lowest BCUT2D eigenvalue weighted by molar-refractivity contribution is 0.0684. The van der Waals surface area contributed by atoms with Crippen molar-refractivity contribution in [2.24, 2.45) is 0 Å². The number of carboxylic acids is 1. The minimum atomic E-state index is -0.955. The lowest BCUT2D eigenvalue weighted by Crippen LogP contribution is -2.17. The molecule has 1 aliphatic rings. The van der Waals surface area contributed by atoms with Gasteiger partial charge in [0.2, 0.25) is 6.79 Å². The van der Waals surface area contributed by atoms with Crippen molar-refractivity contribution in [2.75, 3.05) is 6.79 Å². The highest BCUT2D eigenvalue weighted by Gasteiger charge is 2.22. The van der Waals surface area contributed by atoms with Gasteiger partial charge in [-0.3, -0.25) is 0 Å². The number of halogens is 1. The van der Waals surface area contributed by atoms with Crippen molar-refractivity contribution in [3.05, 3.63) is 94.1 Å². The van der Waals surface area contributed by atoms with E-state index in [0.717, 1.165) is 39.1 Å². The number of para-hydroxylation sites is 1. The Morgan fingerprint density at radius 2 is 1.81 bits per heavy atom. The van der Waals surface area contributed by atoms with Crippen LogP contribution in [-0.4, -0.2) is 22.4 Å². The number of carboxylic acid groups (broad SMARTS) is 1. The second-order valence-corrected chi connectivity index (χ2v) is 8.09. The second-order valence-electron chi connectivity index (χ2n) is 7.66. The Balaban J connectivity index is 1.45.